The quantitative estimate of drug-likeness (QED) is 0.339. The van der Waals surface area contributed by atoms with Crippen LogP contribution in [0, 0.1) is 14.1 Å². The van der Waals surface area contributed by atoms with Crippen LogP contribution in [0.1, 0.15) is 16.7 Å². The van der Waals surface area contributed by atoms with Gasteiger partial charge in [-0.25, -0.2) is 4.79 Å². The number of halogens is 2. The fourth-order valence-corrected chi connectivity index (χ4v) is 4.45. The molecule has 1 aliphatic heterocycles. The third kappa shape index (κ3) is 3.97. The minimum Gasteiger partial charge on any atom is -0.506 e. The maximum absolute atomic E-state index is 12.6. The van der Waals surface area contributed by atoms with Crippen molar-refractivity contribution in [2.24, 2.45) is 0 Å². The van der Waals surface area contributed by atoms with E-state index in [1.807, 2.05) is 59.8 Å². The van der Waals surface area contributed by atoms with Crippen molar-refractivity contribution < 1.29 is 14.7 Å². The van der Waals surface area contributed by atoms with E-state index in [0.29, 0.717) is 9.13 Å². The third-order valence-electron chi connectivity index (χ3n) is 3.74. The molecule has 2 N–H and O–H groups in total. The molecule has 0 saturated carbocycles. The average Bonchev–Trinajstić information content (AvgIpc) is 2.80. The van der Waals surface area contributed by atoms with Crippen LogP contribution in [0.4, 0.5) is 4.79 Å². The number of aromatic hydroxyl groups is 1. The van der Waals surface area contributed by atoms with Crippen LogP contribution in [-0.2, 0) is 11.3 Å². The van der Waals surface area contributed by atoms with E-state index < -0.39 is 11.9 Å². The fourth-order valence-electron chi connectivity index (χ4n) is 2.56. The van der Waals surface area contributed by atoms with Crippen molar-refractivity contribution in [3.63, 3.8) is 0 Å². The molecular weight excluding hydrogens is 546 g/mol. The number of hydrogen-bond acceptors (Lipinski definition) is 3. The Hall–Kier alpha value is -1.62. The summed E-state index contributed by atoms with van der Waals surface area (Å²) in [6.45, 7) is 2.17. The van der Waals surface area contributed by atoms with Gasteiger partial charge in [-0.05, 0) is 75.9 Å². The van der Waals surface area contributed by atoms with Crippen molar-refractivity contribution in [2.75, 3.05) is 0 Å². The summed E-state index contributed by atoms with van der Waals surface area (Å²) in [4.78, 5) is 25.9. The summed E-state index contributed by atoms with van der Waals surface area (Å²) in [6.07, 6.45) is 1.51. The van der Waals surface area contributed by atoms with Crippen LogP contribution in [-0.4, -0.2) is 21.9 Å². The van der Waals surface area contributed by atoms with Crippen molar-refractivity contribution in [1.82, 2.24) is 10.2 Å². The van der Waals surface area contributed by atoms with Gasteiger partial charge in [0.1, 0.15) is 11.4 Å². The number of phenols is 1. The van der Waals surface area contributed by atoms with Crippen LogP contribution in [0.25, 0.3) is 6.08 Å². The summed E-state index contributed by atoms with van der Waals surface area (Å²) in [5.74, 6) is -0.313. The van der Waals surface area contributed by atoms with Crippen molar-refractivity contribution >= 4 is 63.2 Å². The molecule has 0 spiro atoms. The lowest BCUT2D eigenvalue weighted by molar-refractivity contribution is -0.123. The van der Waals surface area contributed by atoms with Crippen LogP contribution in [0.2, 0.25) is 0 Å². The Morgan fingerprint density at radius 1 is 1.20 bits per heavy atom. The van der Waals surface area contributed by atoms with Crippen LogP contribution in [0.5, 0.6) is 5.75 Å². The molecule has 0 unspecified atom stereocenters. The molecule has 1 fully saturated rings. The zero-order valence-electron chi connectivity index (χ0n) is 13.2. The SMILES string of the molecule is Cc1cccc(CN2C(=O)N/C(=C/c3cc(I)cc(I)c3O)C2=O)c1. The number of carbonyl (C=O) groups is 2. The number of nitrogens with zero attached hydrogens (tertiary/aromatic N) is 1. The molecule has 1 saturated heterocycles. The molecule has 2 aromatic carbocycles. The summed E-state index contributed by atoms with van der Waals surface area (Å²) in [7, 11) is 0. The molecule has 1 heterocycles. The molecule has 0 aromatic heterocycles. The van der Waals surface area contributed by atoms with Gasteiger partial charge in [-0.15, -0.1) is 0 Å². The number of aryl methyl sites for hydroxylation is 1. The molecule has 7 heteroatoms. The van der Waals surface area contributed by atoms with Crippen molar-refractivity contribution in [3.05, 3.63) is 65.9 Å². The number of imide groups is 1. The van der Waals surface area contributed by atoms with E-state index in [1.165, 1.54) is 6.08 Å². The topological polar surface area (TPSA) is 69.6 Å². The first-order valence-electron chi connectivity index (χ1n) is 7.43. The molecule has 0 atom stereocenters. The maximum atomic E-state index is 12.6. The van der Waals surface area contributed by atoms with Crippen molar-refractivity contribution in [3.8, 4) is 5.75 Å². The second-order valence-corrected chi connectivity index (χ2v) is 8.10. The lowest BCUT2D eigenvalue weighted by atomic mass is 10.1. The van der Waals surface area contributed by atoms with E-state index in [0.717, 1.165) is 19.6 Å². The Morgan fingerprint density at radius 2 is 1.96 bits per heavy atom. The first-order valence-corrected chi connectivity index (χ1v) is 9.59. The van der Waals surface area contributed by atoms with Gasteiger partial charge in [-0.2, -0.15) is 0 Å². The monoisotopic (exact) mass is 560 g/mol. The van der Waals surface area contributed by atoms with Gasteiger partial charge in [-0.3, -0.25) is 9.69 Å². The minimum absolute atomic E-state index is 0.0905. The lowest BCUT2D eigenvalue weighted by Gasteiger charge is -2.12. The van der Waals surface area contributed by atoms with Crippen LogP contribution in [0.3, 0.4) is 0 Å². The highest BCUT2D eigenvalue weighted by molar-refractivity contribution is 14.1. The molecule has 25 heavy (non-hydrogen) atoms. The first kappa shape index (κ1) is 18.2. The van der Waals surface area contributed by atoms with Crippen molar-refractivity contribution in [2.45, 2.75) is 13.5 Å². The second-order valence-electron chi connectivity index (χ2n) is 5.69. The van der Waals surface area contributed by atoms with Gasteiger partial charge in [0.2, 0.25) is 0 Å². The summed E-state index contributed by atoms with van der Waals surface area (Å²) in [5.41, 5.74) is 2.61. The zero-order chi connectivity index (χ0) is 18.1. The number of phenolic OH excluding ortho intramolecular Hbond substituents is 1. The van der Waals surface area contributed by atoms with E-state index in [9.17, 15) is 14.7 Å². The van der Waals surface area contributed by atoms with E-state index in [2.05, 4.69) is 27.9 Å². The molecule has 0 radical (unpaired) electrons. The molecule has 3 amide bonds. The molecular formula is C18H14I2N2O3. The highest BCUT2D eigenvalue weighted by atomic mass is 127. The molecule has 0 aliphatic carbocycles. The van der Waals surface area contributed by atoms with Gasteiger partial charge in [0, 0.05) is 9.13 Å². The van der Waals surface area contributed by atoms with Crippen molar-refractivity contribution in [1.29, 1.82) is 0 Å². The number of rotatable bonds is 3. The summed E-state index contributed by atoms with van der Waals surface area (Å²) in [6, 6.07) is 10.8. The predicted molar refractivity (Wildman–Crippen MR) is 112 cm³/mol. The number of nitrogens with one attached hydrogen (secondary N) is 1. The molecule has 128 valence electrons. The fraction of sp³-hybridized carbons (Fsp3) is 0.111. The predicted octanol–water partition coefficient (Wildman–Crippen LogP) is 4.00. The number of urea groups is 1. The maximum Gasteiger partial charge on any atom is 0.329 e. The van der Waals surface area contributed by atoms with Gasteiger partial charge in [0.05, 0.1) is 10.1 Å². The molecule has 1 aliphatic rings. The number of hydrogen-bond donors (Lipinski definition) is 2. The highest BCUT2D eigenvalue weighted by Crippen LogP contribution is 2.29. The van der Waals surface area contributed by atoms with Gasteiger partial charge < -0.3 is 10.4 Å². The molecule has 5 nitrogen and oxygen atoms in total. The Bertz CT molecular complexity index is 909. The summed E-state index contributed by atoms with van der Waals surface area (Å²) < 4.78 is 1.62. The smallest absolute Gasteiger partial charge is 0.329 e. The Kier molecular flexibility index (Phi) is 5.32. The first-order chi connectivity index (χ1) is 11.8. The largest absolute Gasteiger partial charge is 0.506 e. The number of amides is 3. The summed E-state index contributed by atoms with van der Waals surface area (Å²) in [5, 5.41) is 12.8. The third-order valence-corrected chi connectivity index (χ3v) is 5.19. The number of benzene rings is 2. The van der Waals surface area contributed by atoms with Crippen LogP contribution < -0.4 is 5.32 Å². The summed E-state index contributed by atoms with van der Waals surface area (Å²) >= 11 is 4.16. The highest BCUT2D eigenvalue weighted by Gasteiger charge is 2.33. The molecule has 0 bridgehead atoms. The van der Waals surface area contributed by atoms with Crippen LogP contribution in [0.15, 0.2) is 42.1 Å². The zero-order valence-corrected chi connectivity index (χ0v) is 17.5. The van der Waals surface area contributed by atoms with Crippen LogP contribution >= 0.6 is 45.2 Å². The van der Waals surface area contributed by atoms with E-state index in [1.54, 1.807) is 6.07 Å². The normalized spacial score (nSPS) is 15.8. The van der Waals surface area contributed by atoms with E-state index in [-0.39, 0.29) is 18.0 Å². The lowest BCUT2D eigenvalue weighted by Crippen LogP contribution is -2.30. The molecule has 3 rings (SSSR count). The van der Waals surface area contributed by atoms with Gasteiger partial charge in [-0.1, -0.05) is 29.8 Å². The van der Waals surface area contributed by atoms with Gasteiger partial charge in [0.15, 0.2) is 0 Å². The number of carbonyl (C=O) groups excluding carboxylic acids is 2. The Morgan fingerprint density at radius 3 is 2.68 bits per heavy atom. The molecule has 2 aromatic rings. The van der Waals surface area contributed by atoms with E-state index in [4.69, 9.17) is 0 Å². The second kappa shape index (κ2) is 7.32. The Balaban J connectivity index is 1.89. The average molecular weight is 560 g/mol. The van der Waals surface area contributed by atoms with E-state index >= 15 is 0 Å². The minimum atomic E-state index is -0.461. The Labute approximate surface area is 172 Å². The van der Waals surface area contributed by atoms with Gasteiger partial charge in [0.25, 0.3) is 5.91 Å². The van der Waals surface area contributed by atoms with Gasteiger partial charge >= 0.3 is 6.03 Å². The standard InChI is InChI=1S/C18H14I2N2O3/c1-10-3-2-4-11(5-10)9-22-17(24)15(21-18(22)25)7-12-6-13(19)8-14(20)16(12)23/h2-8,23H,9H2,1H3,(H,21,25)/b15-7+.